The normalized spacial score (nSPS) is 17.9. The number of furan rings is 1. The van der Waals surface area contributed by atoms with Crippen LogP contribution in [-0.4, -0.2) is 37.1 Å². The number of likely N-dealkylation sites (tertiary alicyclic amines) is 1. The first-order valence-electron chi connectivity index (χ1n) is 8.73. The van der Waals surface area contributed by atoms with E-state index >= 15 is 0 Å². The number of hydrogen-bond acceptors (Lipinski definition) is 3. The number of nitrogens with zero attached hydrogens (tertiary/aromatic N) is 1. The van der Waals surface area contributed by atoms with Crippen LogP contribution in [0.25, 0.3) is 11.3 Å². The van der Waals surface area contributed by atoms with Gasteiger partial charge < -0.3 is 14.1 Å². The van der Waals surface area contributed by atoms with E-state index in [4.69, 9.17) is 9.15 Å². The summed E-state index contributed by atoms with van der Waals surface area (Å²) < 4.78 is 10.6. The Balaban J connectivity index is 1.69. The van der Waals surface area contributed by atoms with Crippen LogP contribution in [0.4, 0.5) is 0 Å². The van der Waals surface area contributed by atoms with Gasteiger partial charge in [0.05, 0.1) is 6.26 Å². The van der Waals surface area contributed by atoms with Crippen molar-refractivity contribution in [1.82, 2.24) is 4.90 Å². The Kier molecular flexibility index (Phi) is 5.70. The minimum absolute atomic E-state index is 0.142. The Morgan fingerprint density at radius 2 is 2.08 bits per heavy atom. The highest BCUT2D eigenvalue weighted by atomic mass is 16.5. The molecule has 0 aliphatic carbocycles. The molecule has 1 atom stereocenters. The summed E-state index contributed by atoms with van der Waals surface area (Å²) >= 11 is 0. The van der Waals surface area contributed by atoms with Gasteiger partial charge in [-0.05, 0) is 56.4 Å². The van der Waals surface area contributed by atoms with Gasteiger partial charge in [-0.3, -0.25) is 4.79 Å². The number of carbonyl (C=O) groups excluding carboxylic acids is 1. The molecule has 0 unspecified atom stereocenters. The SMILES string of the molecule is COCCC[C@H]1CCCCN1C(=O)c1ccc(-c2ccco2)cc1. The number of piperidine rings is 1. The highest BCUT2D eigenvalue weighted by Crippen LogP contribution is 2.25. The van der Waals surface area contributed by atoms with E-state index in [9.17, 15) is 4.79 Å². The zero-order chi connectivity index (χ0) is 16.8. The van der Waals surface area contributed by atoms with E-state index in [1.165, 1.54) is 6.42 Å². The lowest BCUT2D eigenvalue weighted by Crippen LogP contribution is -2.43. The molecule has 1 aliphatic rings. The van der Waals surface area contributed by atoms with E-state index in [-0.39, 0.29) is 5.91 Å². The van der Waals surface area contributed by atoms with Crippen LogP contribution >= 0.6 is 0 Å². The summed E-state index contributed by atoms with van der Waals surface area (Å²) in [6.07, 6.45) is 7.08. The van der Waals surface area contributed by atoms with Crippen molar-refractivity contribution in [3.63, 3.8) is 0 Å². The molecule has 1 aromatic carbocycles. The van der Waals surface area contributed by atoms with E-state index in [1.807, 2.05) is 36.4 Å². The lowest BCUT2D eigenvalue weighted by molar-refractivity contribution is 0.0585. The van der Waals surface area contributed by atoms with Gasteiger partial charge in [0.15, 0.2) is 0 Å². The molecule has 1 fully saturated rings. The van der Waals surface area contributed by atoms with Gasteiger partial charge in [0.1, 0.15) is 5.76 Å². The van der Waals surface area contributed by atoms with Crippen LogP contribution in [0.2, 0.25) is 0 Å². The van der Waals surface area contributed by atoms with Crippen LogP contribution in [0.1, 0.15) is 42.5 Å². The smallest absolute Gasteiger partial charge is 0.254 e. The van der Waals surface area contributed by atoms with Crippen molar-refractivity contribution in [3.8, 4) is 11.3 Å². The van der Waals surface area contributed by atoms with Crippen LogP contribution in [0, 0.1) is 0 Å². The van der Waals surface area contributed by atoms with Crippen LogP contribution in [-0.2, 0) is 4.74 Å². The van der Waals surface area contributed by atoms with Gasteiger partial charge in [-0.15, -0.1) is 0 Å². The third kappa shape index (κ3) is 3.88. The minimum Gasteiger partial charge on any atom is -0.464 e. The van der Waals surface area contributed by atoms with Crippen molar-refractivity contribution in [3.05, 3.63) is 48.2 Å². The van der Waals surface area contributed by atoms with Gasteiger partial charge in [0, 0.05) is 37.4 Å². The summed E-state index contributed by atoms with van der Waals surface area (Å²) in [5.41, 5.74) is 1.75. The lowest BCUT2D eigenvalue weighted by atomic mass is 9.97. The zero-order valence-corrected chi connectivity index (χ0v) is 14.2. The second kappa shape index (κ2) is 8.15. The molecular formula is C20H25NO3. The molecule has 1 amide bonds. The van der Waals surface area contributed by atoms with Gasteiger partial charge in [0.25, 0.3) is 5.91 Å². The number of carbonyl (C=O) groups is 1. The Hall–Kier alpha value is -2.07. The molecule has 0 radical (unpaired) electrons. The minimum atomic E-state index is 0.142. The average molecular weight is 327 g/mol. The molecule has 1 saturated heterocycles. The van der Waals surface area contributed by atoms with Crippen molar-refractivity contribution in [1.29, 1.82) is 0 Å². The van der Waals surface area contributed by atoms with Crippen molar-refractivity contribution in [2.24, 2.45) is 0 Å². The van der Waals surface area contributed by atoms with E-state index in [1.54, 1.807) is 13.4 Å². The molecule has 4 heteroatoms. The maximum Gasteiger partial charge on any atom is 0.254 e. The molecule has 0 bridgehead atoms. The summed E-state index contributed by atoms with van der Waals surface area (Å²) in [7, 11) is 1.73. The standard InChI is InChI=1S/C20H25NO3/c1-23-14-4-7-18-6-2-3-13-21(18)20(22)17-11-9-16(10-12-17)19-8-5-15-24-19/h5,8-12,15,18H,2-4,6-7,13-14H2,1H3/t18-/m1/s1. The molecule has 3 rings (SSSR count). The number of amides is 1. The Bertz CT molecular complexity index is 633. The fraction of sp³-hybridized carbons (Fsp3) is 0.450. The molecular weight excluding hydrogens is 302 g/mol. The van der Waals surface area contributed by atoms with Gasteiger partial charge in [-0.25, -0.2) is 0 Å². The molecule has 0 N–H and O–H groups in total. The molecule has 24 heavy (non-hydrogen) atoms. The summed E-state index contributed by atoms with van der Waals surface area (Å²) in [6, 6.07) is 11.8. The average Bonchev–Trinajstić information content (AvgIpc) is 3.17. The van der Waals surface area contributed by atoms with E-state index in [0.29, 0.717) is 6.04 Å². The predicted molar refractivity (Wildman–Crippen MR) is 93.9 cm³/mol. The largest absolute Gasteiger partial charge is 0.464 e. The molecule has 128 valence electrons. The van der Waals surface area contributed by atoms with Crippen LogP contribution in [0.5, 0.6) is 0 Å². The predicted octanol–water partition coefficient (Wildman–Crippen LogP) is 4.37. The quantitative estimate of drug-likeness (QED) is 0.740. The van der Waals surface area contributed by atoms with Crippen molar-refractivity contribution in [2.45, 2.75) is 38.1 Å². The third-order valence-corrected chi connectivity index (χ3v) is 4.71. The lowest BCUT2D eigenvalue weighted by Gasteiger charge is -2.36. The second-order valence-corrected chi connectivity index (χ2v) is 6.34. The zero-order valence-electron chi connectivity index (χ0n) is 14.2. The second-order valence-electron chi connectivity index (χ2n) is 6.34. The van der Waals surface area contributed by atoms with Crippen molar-refractivity contribution < 1.29 is 13.9 Å². The van der Waals surface area contributed by atoms with Gasteiger partial charge in [-0.1, -0.05) is 12.1 Å². The van der Waals surface area contributed by atoms with Crippen LogP contribution in [0.15, 0.2) is 47.1 Å². The van der Waals surface area contributed by atoms with Crippen LogP contribution in [0.3, 0.4) is 0 Å². The van der Waals surface area contributed by atoms with E-state index in [2.05, 4.69) is 4.90 Å². The molecule has 1 aromatic heterocycles. The number of hydrogen-bond donors (Lipinski definition) is 0. The summed E-state index contributed by atoms with van der Waals surface area (Å²) in [5.74, 6) is 0.965. The van der Waals surface area contributed by atoms with Crippen molar-refractivity contribution in [2.75, 3.05) is 20.3 Å². The summed E-state index contributed by atoms with van der Waals surface area (Å²) in [4.78, 5) is 15.0. The summed E-state index contributed by atoms with van der Waals surface area (Å²) in [6.45, 7) is 1.62. The Morgan fingerprint density at radius 1 is 1.25 bits per heavy atom. The molecule has 0 spiro atoms. The molecule has 4 nitrogen and oxygen atoms in total. The van der Waals surface area contributed by atoms with Gasteiger partial charge in [0.2, 0.25) is 0 Å². The first kappa shape index (κ1) is 16.8. The number of methoxy groups -OCH3 is 1. The van der Waals surface area contributed by atoms with Crippen molar-refractivity contribution >= 4 is 5.91 Å². The maximum atomic E-state index is 12.9. The summed E-state index contributed by atoms with van der Waals surface area (Å²) in [5, 5.41) is 0. The Labute approximate surface area is 143 Å². The van der Waals surface area contributed by atoms with Crippen LogP contribution < -0.4 is 0 Å². The number of rotatable bonds is 6. The third-order valence-electron chi connectivity index (χ3n) is 4.71. The maximum absolute atomic E-state index is 12.9. The van der Waals surface area contributed by atoms with E-state index < -0.39 is 0 Å². The topological polar surface area (TPSA) is 42.7 Å². The molecule has 2 aromatic rings. The highest BCUT2D eigenvalue weighted by molar-refractivity contribution is 5.95. The monoisotopic (exact) mass is 327 g/mol. The Morgan fingerprint density at radius 3 is 2.79 bits per heavy atom. The fourth-order valence-corrected chi connectivity index (χ4v) is 3.42. The highest BCUT2D eigenvalue weighted by Gasteiger charge is 2.27. The number of ether oxygens (including phenoxy) is 1. The fourth-order valence-electron chi connectivity index (χ4n) is 3.42. The number of benzene rings is 1. The van der Waals surface area contributed by atoms with Gasteiger partial charge >= 0.3 is 0 Å². The first-order valence-corrected chi connectivity index (χ1v) is 8.73. The molecule has 2 heterocycles. The molecule has 1 aliphatic heterocycles. The van der Waals surface area contributed by atoms with Gasteiger partial charge in [-0.2, -0.15) is 0 Å². The molecule has 0 saturated carbocycles. The van der Waals surface area contributed by atoms with E-state index in [0.717, 1.165) is 55.7 Å². The first-order chi connectivity index (χ1) is 11.8.